The fraction of sp³-hybridized carbons (Fsp3) is 0.222. The van der Waals surface area contributed by atoms with E-state index in [2.05, 4.69) is 5.18 Å². The molecule has 0 fully saturated rings. The van der Waals surface area contributed by atoms with Gasteiger partial charge in [0.2, 0.25) is 0 Å². The number of aliphatic carboxylic acids is 1. The van der Waals surface area contributed by atoms with E-state index in [1.54, 1.807) is 24.3 Å². The van der Waals surface area contributed by atoms with Crippen molar-refractivity contribution in [3.63, 3.8) is 0 Å². The first-order chi connectivity index (χ1) is 6.24. The van der Waals surface area contributed by atoms with E-state index in [4.69, 9.17) is 5.11 Å². The molecule has 4 nitrogen and oxygen atoms in total. The molecular formula is C9H9NO3. The zero-order valence-electron chi connectivity index (χ0n) is 6.93. The minimum absolute atomic E-state index is 0.0204. The Bertz CT molecular complexity index is 322. The zero-order valence-corrected chi connectivity index (χ0v) is 6.93. The van der Waals surface area contributed by atoms with E-state index in [0.29, 0.717) is 17.7 Å². The van der Waals surface area contributed by atoms with Crippen LogP contribution in [0.25, 0.3) is 0 Å². The van der Waals surface area contributed by atoms with Gasteiger partial charge < -0.3 is 5.11 Å². The first-order valence-electron chi connectivity index (χ1n) is 3.87. The Balaban J connectivity index is 2.75. The minimum Gasteiger partial charge on any atom is -0.481 e. The summed E-state index contributed by atoms with van der Waals surface area (Å²) in [5, 5.41) is 11.2. The molecule has 0 aromatic heterocycles. The van der Waals surface area contributed by atoms with E-state index in [9.17, 15) is 9.70 Å². The lowest BCUT2D eigenvalue weighted by Gasteiger charge is -1.99. The van der Waals surface area contributed by atoms with Gasteiger partial charge in [0.25, 0.3) is 0 Å². The van der Waals surface area contributed by atoms with Crippen molar-refractivity contribution in [1.29, 1.82) is 0 Å². The Morgan fingerprint density at radius 1 is 1.38 bits per heavy atom. The van der Waals surface area contributed by atoms with E-state index in [1.807, 2.05) is 0 Å². The lowest BCUT2D eigenvalue weighted by Crippen LogP contribution is -1.97. The van der Waals surface area contributed by atoms with Crippen molar-refractivity contribution in [3.05, 3.63) is 34.7 Å². The van der Waals surface area contributed by atoms with Crippen molar-refractivity contribution in [2.75, 3.05) is 0 Å². The van der Waals surface area contributed by atoms with Gasteiger partial charge in [-0.05, 0) is 23.2 Å². The van der Waals surface area contributed by atoms with E-state index in [1.165, 1.54) is 0 Å². The average Bonchev–Trinajstić information content (AvgIpc) is 2.15. The Morgan fingerprint density at radius 3 is 2.69 bits per heavy atom. The van der Waals surface area contributed by atoms with Gasteiger partial charge in [0.1, 0.15) is 5.69 Å². The van der Waals surface area contributed by atoms with Crippen LogP contribution in [0, 0.1) is 4.91 Å². The molecule has 4 heteroatoms. The van der Waals surface area contributed by atoms with E-state index >= 15 is 0 Å². The van der Waals surface area contributed by atoms with Crippen LogP contribution in [0.5, 0.6) is 0 Å². The molecule has 0 amide bonds. The van der Waals surface area contributed by atoms with Gasteiger partial charge in [0.15, 0.2) is 0 Å². The average molecular weight is 179 g/mol. The second-order valence-electron chi connectivity index (χ2n) is 2.61. The van der Waals surface area contributed by atoms with Crippen LogP contribution in [0.15, 0.2) is 29.4 Å². The van der Waals surface area contributed by atoms with Crippen molar-refractivity contribution in [2.45, 2.75) is 12.8 Å². The number of hydrogen-bond acceptors (Lipinski definition) is 3. The predicted molar refractivity (Wildman–Crippen MR) is 47.9 cm³/mol. The van der Waals surface area contributed by atoms with Gasteiger partial charge >= 0.3 is 5.97 Å². The summed E-state index contributed by atoms with van der Waals surface area (Å²) in [5.74, 6) is -0.874. The van der Waals surface area contributed by atoms with Gasteiger partial charge in [-0.25, -0.2) is 0 Å². The Kier molecular flexibility index (Phi) is 3.14. The number of carbonyl (C=O) groups is 1. The fourth-order valence-corrected chi connectivity index (χ4v) is 1.05. The second kappa shape index (κ2) is 4.35. The topological polar surface area (TPSA) is 66.7 Å². The third-order valence-electron chi connectivity index (χ3n) is 1.70. The number of carboxylic acid groups (broad SMARTS) is 1. The molecule has 0 saturated heterocycles. The Morgan fingerprint density at radius 2 is 2.08 bits per heavy atom. The van der Waals surface area contributed by atoms with Crippen LogP contribution in [0.4, 0.5) is 5.69 Å². The highest BCUT2D eigenvalue weighted by molar-refractivity contribution is 5.67. The molecule has 1 N–H and O–H groups in total. The molecule has 1 aromatic carbocycles. The molecule has 0 saturated carbocycles. The van der Waals surface area contributed by atoms with Gasteiger partial charge in [-0.1, -0.05) is 18.2 Å². The van der Waals surface area contributed by atoms with Gasteiger partial charge in [0, 0.05) is 6.42 Å². The molecule has 0 radical (unpaired) electrons. The maximum absolute atomic E-state index is 10.3. The van der Waals surface area contributed by atoms with Crippen molar-refractivity contribution >= 4 is 11.7 Å². The molecule has 0 spiro atoms. The molecule has 0 bridgehead atoms. The number of aryl methyl sites for hydroxylation is 1. The molecule has 0 atom stereocenters. The number of nitrogens with zero attached hydrogens (tertiary/aromatic N) is 1. The quantitative estimate of drug-likeness (QED) is 0.719. The lowest BCUT2D eigenvalue weighted by atomic mass is 10.1. The van der Waals surface area contributed by atoms with Crippen molar-refractivity contribution in [1.82, 2.24) is 0 Å². The Hall–Kier alpha value is -1.71. The van der Waals surface area contributed by atoms with Crippen LogP contribution >= 0.6 is 0 Å². The summed E-state index contributed by atoms with van der Waals surface area (Å²) < 4.78 is 0. The standard InChI is InChI=1S/C9H9NO3/c11-9(12)6-5-7-3-1-2-4-8(7)10-13/h1-4H,5-6H2,(H,11,12). The molecule has 68 valence electrons. The molecular weight excluding hydrogens is 170 g/mol. The van der Waals surface area contributed by atoms with Crippen LogP contribution in [-0.2, 0) is 11.2 Å². The number of carboxylic acids is 1. The molecule has 0 aliphatic carbocycles. The summed E-state index contributed by atoms with van der Waals surface area (Å²) in [6.07, 6.45) is 0.365. The summed E-state index contributed by atoms with van der Waals surface area (Å²) in [6, 6.07) is 6.73. The number of hydrogen-bond donors (Lipinski definition) is 1. The number of nitroso groups, excluding NO2 is 1. The van der Waals surface area contributed by atoms with Gasteiger partial charge in [-0.3, -0.25) is 4.79 Å². The maximum Gasteiger partial charge on any atom is 0.303 e. The van der Waals surface area contributed by atoms with E-state index < -0.39 is 5.97 Å². The Labute approximate surface area is 75.2 Å². The number of benzene rings is 1. The highest BCUT2D eigenvalue weighted by Crippen LogP contribution is 2.19. The van der Waals surface area contributed by atoms with E-state index in [-0.39, 0.29) is 6.42 Å². The SMILES string of the molecule is O=Nc1ccccc1CCC(=O)O. The largest absolute Gasteiger partial charge is 0.481 e. The van der Waals surface area contributed by atoms with Crippen molar-refractivity contribution in [2.24, 2.45) is 5.18 Å². The zero-order chi connectivity index (χ0) is 9.68. The monoisotopic (exact) mass is 179 g/mol. The normalized spacial score (nSPS) is 9.54. The summed E-state index contributed by atoms with van der Waals surface area (Å²) >= 11 is 0. The van der Waals surface area contributed by atoms with E-state index in [0.717, 1.165) is 0 Å². The molecule has 0 heterocycles. The molecule has 0 unspecified atom stereocenters. The fourth-order valence-electron chi connectivity index (χ4n) is 1.05. The van der Waals surface area contributed by atoms with Crippen molar-refractivity contribution < 1.29 is 9.90 Å². The predicted octanol–water partition coefficient (Wildman–Crippen LogP) is 2.10. The van der Waals surface area contributed by atoms with Crippen LogP contribution < -0.4 is 0 Å². The van der Waals surface area contributed by atoms with Gasteiger partial charge in [0.05, 0.1) is 0 Å². The lowest BCUT2D eigenvalue weighted by molar-refractivity contribution is -0.136. The van der Waals surface area contributed by atoms with Crippen molar-refractivity contribution in [3.8, 4) is 0 Å². The first kappa shape index (κ1) is 9.38. The third-order valence-corrected chi connectivity index (χ3v) is 1.70. The molecule has 1 aromatic rings. The smallest absolute Gasteiger partial charge is 0.303 e. The molecule has 13 heavy (non-hydrogen) atoms. The van der Waals surface area contributed by atoms with Gasteiger partial charge in [-0.15, -0.1) is 4.91 Å². The summed E-state index contributed by atoms with van der Waals surface area (Å²) in [4.78, 5) is 20.5. The first-order valence-corrected chi connectivity index (χ1v) is 3.87. The minimum atomic E-state index is -0.874. The number of rotatable bonds is 4. The summed E-state index contributed by atoms with van der Waals surface area (Å²) in [7, 11) is 0. The highest BCUT2D eigenvalue weighted by atomic mass is 16.4. The summed E-state index contributed by atoms with van der Waals surface area (Å²) in [6.45, 7) is 0. The second-order valence-corrected chi connectivity index (χ2v) is 2.61. The highest BCUT2D eigenvalue weighted by Gasteiger charge is 2.03. The van der Waals surface area contributed by atoms with Crippen LogP contribution in [-0.4, -0.2) is 11.1 Å². The van der Waals surface area contributed by atoms with Gasteiger partial charge in [-0.2, -0.15) is 0 Å². The van der Waals surface area contributed by atoms with Crippen LogP contribution in [0.1, 0.15) is 12.0 Å². The third kappa shape index (κ3) is 2.66. The summed E-state index contributed by atoms with van der Waals surface area (Å²) in [5.41, 5.74) is 1.00. The molecule has 0 aliphatic rings. The molecule has 1 rings (SSSR count). The maximum atomic E-state index is 10.3. The van der Waals surface area contributed by atoms with Crippen LogP contribution in [0.2, 0.25) is 0 Å². The van der Waals surface area contributed by atoms with Crippen LogP contribution in [0.3, 0.4) is 0 Å². The molecule has 0 aliphatic heterocycles.